The fourth-order valence-corrected chi connectivity index (χ4v) is 8.59. The third-order valence-corrected chi connectivity index (χ3v) is 9.75. The second-order valence-electron chi connectivity index (χ2n) is 11.1. The molecule has 4 aliphatic carbocycles. The zero-order valence-corrected chi connectivity index (χ0v) is 18.7. The highest BCUT2D eigenvalue weighted by molar-refractivity contribution is 5.15. The summed E-state index contributed by atoms with van der Waals surface area (Å²) in [5.74, 6) is 4.62. The molecular weight excluding hydrogens is 376 g/mol. The van der Waals surface area contributed by atoms with E-state index in [9.17, 15) is 5.11 Å². The molecule has 8 atom stereocenters. The van der Waals surface area contributed by atoms with Gasteiger partial charge in [-0.3, -0.25) is 0 Å². The van der Waals surface area contributed by atoms with Gasteiger partial charge in [-0.15, -0.1) is 10.2 Å². The summed E-state index contributed by atoms with van der Waals surface area (Å²) in [7, 11) is 1.71. The van der Waals surface area contributed by atoms with Crippen molar-refractivity contribution < 1.29 is 9.84 Å². The van der Waals surface area contributed by atoms with E-state index in [0.29, 0.717) is 30.4 Å². The number of tetrazole rings is 1. The molecule has 1 N–H and O–H groups in total. The van der Waals surface area contributed by atoms with Crippen molar-refractivity contribution in [1.29, 1.82) is 0 Å². The van der Waals surface area contributed by atoms with E-state index in [4.69, 9.17) is 4.74 Å². The van der Waals surface area contributed by atoms with Gasteiger partial charge in [0.15, 0.2) is 6.33 Å². The van der Waals surface area contributed by atoms with E-state index in [0.717, 1.165) is 36.5 Å². The average Bonchev–Trinajstić information content (AvgIpc) is 3.34. The van der Waals surface area contributed by atoms with Crippen LogP contribution in [0.15, 0.2) is 18.5 Å². The molecule has 4 saturated carbocycles. The molecule has 4 fully saturated rings. The van der Waals surface area contributed by atoms with Gasteiger partial charge in [-0.05, 0) is 104 Å². The molecule has 30 heavy (non-hydrogen) atoms. The summed E-state index contributed by atoms with van der Waals surface area (Å²) < 4.78 is 5.34. The molecule has 1 aromatic rings. The molecule has 0 saturated heterocycles. The summed E-state index contributed by atoms with van der Waals surface area (Å²) in [5, 5.41) is 23.0. The summed E-state index contributed by atoms with van der Waals surface area (Å²) in [6, 6.07) is 0. The quantitative estimate of drug-likeness (QED) is 0.741. The molecule has 0 spiro atoms. The highest BCUT2D eigenvalue weighted by Crippen LogP contribution is 2.65. The average molecular weight is 415 g/mol. The van der Waals surface area contributed by atoms with Gasteiger partial charge >= 0.3 is 0 Å². The summed E-state index contributed by atoms with van der Waals surface area (Å²) in [6.07, 6.45) is 12.5. The van der Waals surface area contributed by atoms with Gasteiger partial charge in [0, 0.05) is 7.11 Å². The molecule has 0 aromatic carbocycles. The summed E-state index contributed by atoms with van der Waals surface area (Å²) in [6.45, 7) is 8.23. The van der Waals surface area contributed by atoms with Crippen LogP contribution in [0.5, 0.6) is 0 Å². The molecule has 6 heteroatoms. The zero-order valence-electron chi connectivity index (χ0n) is 18.7. The van der Waals surface area contributed by atoms with Crippen LogP contribution in [-0.4, -0.2) is 44.6 Å². The smallest absolute Gasteiger partial charge is 0.162 e. The standard InChI is InChI=1S/C24H38N4O2/c1-16(13-28-26-15-25-27-28)21-6-7-22-20-5-4-17-12-24(29,14-30-3)11-9-18(17)19(20)8-10-23(21,22)2/h15,17-22,29H,1,4-14H2,2-3H3/t17-,18-,19+,20+,21+,22-,23+,24+/m0/s1. The third kappa shape index (κ3) is 3.35. The van der Waals surface area contributed by atoms with Crippen LogP contribution in [0.1, 0.15) is 64.7 Å². The second kappa shape index (κ2) is 7.70. The largest absolute Gasteiger partial charge is 0.387 e. The lowest BCUT2D eigenvalue weighted by Crippen LogP contribution is -2.52. The normalized spacial score (nSPS) is 45.4. The number of nitrogens with zero attached hydrogens (tertiary/aromatic N) is 4. The predicted molar refractivity (Wildman–Crippen MR) is 114 cm³/mol. The van der Waals surface area contributed by atoms with Crippen molar-refractivity contribution in [2.75, 3.05) is 13.7 Å². The Hall–Kier alpha value is -1.27. The van der Waals surface area contributed by atoms with Gasteiger partial charge < -0.3 is 9.84 Å². The van der Waals surface area contributed by atoms with E-state index in [1.54, 1.807) is 11.9 Å². The van der Waals surface area contributed by atoms with E-state index in [1.165, 1.54) is 56.8 Å². The number of allylic oxidation sites excluding steroid dienone is 1. The maximum absolute atomic E-state index is 10.9. The Labute approximate surface area is 180 Å². The minimum atomic E-state index is -0.586. The summed E-state index contributed by atoms with van der Waals surface area (Å²) >= 11 is 0. The molecule has 0 aliphatic heterocycles. The SMILES string of the molecule is C=C(Cn1ncnn1)[C@H]1CC[C@H]2[C@@H]3CC[C@H]4C[C@@](O)(COC)CC[C@@H]4[C@H]3CC[C@]12C. The Kier molecular flexibility index (Phi) is 5.29. The van der Waals surface area contributed by atoms with Gasteiger partial charge in [-0.1, -0.05) is 19.1 Å². The molecule has 4 aliphatic rings. The van der Waals surface area contributed by atoms with Crippen LogP contribution in [-0.2, 0) is 11.3 Å². The van der Waals surface area contributed by atoms with E-state index < -0.39 is 5.60 Å². The summed E-state index contributed by atoms with van der Waals surface area (Å²) in [5.41, 5.74) is 1.07. The molecule has 1 heterocycles. The van der Waals surface area contributed by atoms with Crippen LogP contribution in [0.4, 0.5) is 0 Å². The minimum absolute atomic E-state index is 0.372. The van der Waals surface area contributed by atoms with Crippen LogP contribution in [0.25, 0.3) is 0 Å². The van der Waals surface area contributed by atoms with Crippen molar-refractivity contribution in [1.82, 2.24) is 20.2 Å². The highest BCUT2D eigenvalue weighted by Gasteiger charge is 2.58. The van der Waals surface area contributed by atoms with Crippen molar-refractivity contribution in [2.24, 2.45) is 40.9 Å². The number of aliphatic hydroxyl groups is 1. The lowest BCUT2D eigenvalue weighted by atomic mass is 9.48. The van der Waals surface area contributed by atoms with Crippen LogP contribution >= 0.6 is 0 Å². The van der Waals surface area contributed by atoms with Crippen molar-refractivity contribution in [3.8, 4) is 0 Å². The fraction of sp³-hybridized carbons (Fsp3) is 0.875. The van der Waals surface area contributed by atoms with Crippen LogP contribution < -0.4 is 0 Å². The first-order valence-corrected chi connectivity index (χ1v) is 12.0. The Morgan fingerprint density at radius 3 is 2.73 bits per heavy atom. The van der Waals surface area contributed by atoms with E-state index in [1.807, 2.05) is 0 Å². The van der Waals surface area contributed by atoms with Crippen molar-refractivity contribution in [3.63, 3.8) is 0 Å². The first kappa shape index (κ1) is 20.6. The molecule has 166 valence electrons. The number of hydrogen-bond donors (Lipinski definition) is 1. The Morgan fingerprint density at radius 2 is 1.97 bits per heavy atom. The van der Waals surface area contributed by atoms with Gasteiger partial charge in [0.05, 0.1) is 18.8 Å². The molecule has 6 nitrogen and oxygen atoms in total. The first-order chi connectivity index (χ1) is 14.4. The van der Waals surface area contributed by atoms with E-state index >= 15 is 0 Å². The Bertz CT molecular complexity index is 767. The molecule has 0 radical (unpaired) electrons. The maximum atomic E-state index is 10.9. The topological polar surface area (TPSA) is 73.1 Å². The van der Waals surface area contributed by atoms with Crippen molar-refractivity contribution in [2.45, 2.75) is 76.9 Å². The number of methoxy groups -OCH3 is 1. The van der Waals surface area contributed by atoms with Crippen molar-refractivity contribution in [3.05, 3.63) is 18.5 Å². The number of rotatable bonds is 5. The van der Waals surface area contributed by atoms with Gasteiger partial charge in [-0.25, -0.2) is 0 Å². The second-order valence-corrected chi connectivity index (χ2v) is 11.1. The summed E-state index contributed by atoms with van der Waals surface area (Å²) in [4.78, 5) is 1.68. The number of ether oxygens (including phenoxy) is 1. The first-order valence-electron chi connectivity index (χ1n) is 12.0. The molecule has 0 amide bonds. The van der Waals surface area contributed by atoms with E-state index in [-0.39, 0.29) is 0 Å². The number of hydrogen-bond acceptors (Lipinski definition) is 5. The lowest BCUT2D eigenvalue weighted by Gasteiger charge is -2.57. The Morgan fingerprint density at radius 1 is 1.13 bits per heavy atom. The predicted octanol–water partition coefficient (Wildman–Crippen LogP) is 3.88. The van der Waals surface area contributed by atoms with Crippen LogP contribution in [0.3, 0.4) is 0 Å². The zero-order chi connectivity index (χ0) is 20.9. The molecular formula is C24H38N4O2. The van der Waals surface area contributed by atoms with Crippen LogP contribution in [0.2, 0.25) is 0 Å². The molecule has 5 rings (SSSR count). The van der Waals surface area contributed by atoms with Crippen LogP contribution in [0, 0.1) is 40.9 Å². The van der Waals surface area contributed by atoms with Gasteiger partial charge in [0.1, 0.15) is 0 Å². The van der Waals surface area contributed by atoms with Gasteiger partial charge in [0.2, 0.25) is 0 Å². The molecule has 0 bridgehead atoms. The maximum Gasteiger partial charge on any atom is 0.162 e. The monoisotopic (exact) mass is 414 g/mol. The fourth-order valence-electron chi connectivity index (χ4n) is 8.59. The van der Waals surface area contributed by atoms with Gasteiger partial charge in [-0.2, -0.15) is 4.80 Å². The van der Waals surface area contributed by atoms with E-state index in [2.05, 4.69) is 28.9 Å². The lowest BCUT2D eigenvalue weighted by molar-refractivity contribution is -0.123. The van der Waals surface area contributed by atoms with Gasteiger partial charge in [0.25, 0.3) is 0 Å². The number of aromatic nitrogens is 4. The molecule has 1 aromatic heterocycles. The number of fused-ring (bicyclic) bond motifs is 5. The minimum Gasteiger partial charge on any atom is -0.387 e. The Balaban J connectivity index is 1.29. The third-order valence-electron chi connectivity index (χ3n) is 9.75. The van der Waals surface area contributed by atoms with Crippen molar-refractivity contribution >= 4 is 0 Å². The highest BCUT2D eigenvalue weighted by atomic mass is 16.5. The molecule has 0 unspecified atom stereocenters.